The van der Waals surface area contributed by atoms with Crippen molar-refractivity contribution in [1.82, 2.24) is 19.5 Å². The summed E-state index contributed by atoms with van der Waals surface area (Å²) in [6, 6.07) is 6.80. The monoisotopic (exact) mass is 429 g/mol. The van der Waals surface area contributed by atoms with Crippen LogP contribution in [0.25, 0.3) is 5.65 Å². The predicted octanol–water partition coefficient (Wildman–Crippen LogP) is 3.81. The first-order chi connectivity index (χ1) is 14.6. The van der Waals surface area contributed by atoms with Crippen LogP contribution in [-0.2, 0) is 13.0 Å². The fourth-order valence-electron chi connectivity index (χ4n) is 4.15. The summed E-state index contributed by atoms with van der Waals surface area (Å²) in [5, 5.41) is 9.39. The van der Waals surface area contributed by atoms with E-state index in [-0.39, 0.29) is 5.82 Å². The van der Waals surface area contributed by atoms with E-state index in [0.717, 1.165) is 67.8 Å². The van der Waals surface area contributed by atoms with Crippen molar-refractivity contribution in [3.05, 3.63) is 52.7 Å². The van der Waals surface area contributed by atoms with Crippen LogP contribution in [0.15, 0.2) is 30.5 Å². The molecule has 0 atom stereocenters. The second-order valence-corrected chi connectivity index (χ2v) is 8.57. The molecule has 0 unspecified atom stereocenters. The highest BCUT2D eigenvalue weighted by atomic mass is 35.5. The minimum atomic E-state index is -0.284. The molecule has 1 aliphatic carbocycles. The van der Waals surface area contributed by atoms with Gasteiger partial charge in [0, 0.05) is 51.4 Å². The Bertz CT molecular complexity index is 1060. The molecule has 2 aliphatic rings. The van der Waals surface area contributed by atoms with Crippen molar-refractivity contribution in [3.63, 3.8) is 0 Å². The van der Waals surface area contributed by atoms with Crippen molar-refractivity contribution in [2.45, 2.75) is 25.8 Å². The summed E-state index contributed by atoms with van der Waals surface area (Å²) in [6.45, 7) is 4.24. The first-order valence-electron chi connectivity index (χ1n) is 10.4. The van der Waals surface area contributed by atoms with Gasteiger partial charge in [0.2, 0.25) is 0 Å². The molecule has 0 amide bonds. The van der Waals surface area contributed by atoms with Gasteiger partial charge >= 0.3 is 0 Å². The number of rotatable bonds is 6. The molecule has 6 nitrogen and oxygen atoms in total. The molecule has 1 aromatic carbocycles. The number of fused-ring (bicyclic) bond motifs is 1. The van der Waals surface area contributed by atoms with Crippen LogP contribution in [0, 0.1) is 11.7 Å². The lowest BCUT2D eigenvalue weighted by molar-refractivity contribution is 0.249. The second kappa shape index (κ2) is 8.04. The summed E-state index contributed by atoms with van der Waals surface area (Å²) in [5.74, 6) is 2.05. The van der Waals surface area contributed by atoms with Crippen LogP contribution in [0.5, 0.6) is 5.75 Å². The number of piperazine rings is 1. The SMILES string of the molecule is COc1cc(F)ccc1N1CCN(Cc2ccn3c(CC4CC4)nnc3c2Cl)CC1. The molecule has 1 aliphatic heterocycles. The van der Waals surface area contributed by atoms with Crippen molar-refractivity contribution in [3.8, 4) is 5.75 Å². The average molecular weight is 430 g/mol. The van der Waals surface area contributed by atoms with Gasteiger partial charge in [-0.3, -0.25) is 9.30 Å². The molecule has 2 aromatic heterocycles. The Labute approximate surface area is 180 Å². The molecule has 5 rings (SSSR count). The molecular formula is C22H25ClFN5O. The van der Waals surface area contributed by atoms with Gasteiger partial charge in [0.15, 0.2) is 5.65 Å². The van der Waals surface area contributed by atoms with E-state index < -0.39 is 0 Å². The third kappa shape index (κ3) is 3.84. The van der Waals surface area contributed by atoms with Crippen LogP contribution >= 0.6 is 11.6 Å². The molecule has 0 radical (unpaired) electrons. The Morgan fingerprint density at radius 1 is 1.13 bits per heavy atom. The number of aromatic nitrogens is 3. The Hall–Kier alpha value is -2.38. The quantitative estimate of drug-likeness (QED) is 0.596. The predicted molar refractivity (Wildman–Crippen MR) is 115 cm³/mol. The molecule has 3 aromatic rings. The average Bonchev–Trinajstić information content (AvgIpc) is 3.49. The van der Waals surface area contributed by atoms with E-state index in [1.165, 1.54) is 25.0 Å². The lowest BCUT2D eigenvalue weighted by atomic mass is 10.2. The fourth-order valence-corrected chi connectivity index (χ4v) is 4.40. The number of nitrogens with zero attached hydrogens (tertiary/aromatic N) is 5. The second-order valence-electron chi connectivity index (χ2n) is 8.19. The number of anilines is 1. The molecule has 3 heterocycles. The van der Waals surface area contributed by atoms with Crippen LogP contribution in [-0.4, -0.2) is 52.8 Å². The molecule has 1 saturated carbocycles. The van der Waals surface area contributed by atoms with Crippen LogP contribution in [0.1, 0.15) is 24.2 Å². The topological polar surface area (TPSA) is 45.9 Å². The number of ether oxygens (including phenoxy) is 1. The summed E-state index contributed by atoms with van der Waals surface area (Å²) in [4.78, 5) is 4.62. The number of pyridine rings is 1. The van der Waals surface area contributed by atoms with Gasteiger partial charge in [-0.2, -0.15) is 0 Å². The van der Waals surface area contributed by atoms with Crippen molar-refractivity contribution >= 4 is 22.9 Å². The lowest BCUT2D eigenvalue weighted by Crippen LogP contribution is -2.46. The zero-order valence-corrected chi connectivity index (χ0v) is 17.8. The minimum absolute atomic E-state index is 0.284. The van der Waals surface area contributed by atoms with E-state index in [1.807, 2.05) is 10.6 Å². The third-order valence-corrected chi connectivity index (χ3v) is 6.50. The summed E-state index contributed by atoms with van der Waals surface area (Å²) < 4.78 is 20.9. The smallest absolute Gasteiger partial charge is 0.179 e. The van der Waals surface area contributed by atoms with Crippen LogP contribution in [0.2, 0.25) is 5.02 Å². The summed E-state index contributed by atoms with van der Waals surface area (Å²) in [6.07, 6.45) is 5.60. The third-order valence-electron chi connectivity index (χ3n) is 6.09. The number of benzene rings is 1. The molecular weight excluding hydrogens is 405 g/mol. The number of methoxy groups -OCH3 is 1. The Kier molecular flexibility index (Phi) is 5.25. The van der Waals surface area contributed by atoms with Gasteiger partial charge in [-0.1, -0.05) is 11.6 Å². The van der Waals surface area contributed by atoms with Crippen LogP contribution in [0.3, 0.4) is 0 Å². The molecule has 0 spiro atoms. The van der Waals surface area contributed by atoms with Gasteiger partial charge in [-0.25, -0.2) is 4.39 Å². The molecule has 2 fully saturated rings. The van der Waals surface area contributed by atoms with E-state index in [2.05, 4.69) is 26.1 Å². The van der Waals surface area contributed by atoms with E-state index in [4.69, 9.17) is 16.3 Å². The van der Waals surface area contributed by atoms with Gasteiger partial charge in [0.1, 0.15) is 17.4 Å². The van der Waals surface area contributed by atoms with Crippen LogP contribution in [0.4, 0.5) is 10.1 Å². The maximum absolute atomic E-state index is 13.5. The number of halogens is 2. The van der Waals surface area contributed by atoms with Crippen molar-refractivity contribution in [2.75, 3.05) is 38.2 Å². The number of hydrogen-bond acceptors (Lipinski definition) is 5. The molecule has 0 N–H and O–H groups in total. The molecule has 158 valence electrons. The van der Waals surface area contributed by atoms with Crippen LogP contribution < -0.4 is 9.64 Å². The van der Waals surface area contributed by atoms with Gasteiger partial charge < -0.3 is 9.64 Å². The highest BCUT2D eigenvalue weighted by Crippen LogP contribution is 2.33. The first-order valence-corrected chi connectivity index (χ1v) is 10.8. The molecule has 1 saturated heterocycles. The first kappa shape index (κ1) is 19.6. The Balaban J connectivity index is 1.26. The largest absolute Gasteiger partial charge is 0.494 e. The zero-order chi connectivity index (χ0) is 20.7. The lowest BCUT2D eigenvalue weighted by Gasteiger charge is -2.36. The van der Waals surface area contributed by atoms with Crippen molar-refractivity contribution in [1.29, 1.82) is 0 Å². The maximum atomic E-state index is 13.5. The maximum Gasteiger partial charge on any atom is 0.179 e. The van der Waals surface area contributed by atoms with E-state index in [9.17, 15) is 4.39 Å². The Morgan fingerprint density at radius 2 is 1.93 bits per heavy atom. The summed E-state index contributed by atoms with van der Waals surface area (Å²) in [7, 11) is 1.58. The standard InChI is InChI=1S/C22H25ClFN5O/c1-30-19-13-17(24)4-5-18(19)28-10-8-27(9-11-28)14-16-6-7-29-20(12-15-2-3-15)25-26-22(29)21(16)23/h4-7,13,15H,2-3,8-12,14H2,1H3. The van der Waals surface area contributed by atoms with Gasteiger partial charge in [-0.15, -0.1) is 10.2 Å². The number of hydrogen-bond donors (Lipinski definition) is 0. The van der Waals surface area contributed by atoms with Crippen molar-refractivity contribution in [2.24, 2.45) is 5.92 Å². The van der Waals surface area contributed by atoms with E-state index in [1.54, 1.807) is 13.2 Å². The minimum Gasteiger partial charge on any atom is -0.494 e. The normalized spacial score (nSPS) is 17.6. The van der Waals surface area contributed by atoms with Gasteiger partial charge in [-0.05, 0) is 42.5 Å². The Morgan fingerprint density at radius 3 is 2.67 bits per heavy atom. The van der Waals surface area contributed by atoms with Gasteiger partial charge in [0.05, 0.1) is 17.8 Å². The fraction of sp³-hybridized carbons (Fsp3) is 0.455. The van der Waals surface area contributed by atoms with Gasteiger partial charge in [0.25, 0.3) is 0 Å². The summed E-state index contributed by atoms with van der Waals surface area (Å²) >= 11 is 6.69. The molecule has 30 heavy (non-hydrogen) atoms. The highest BCUT2D eigenvalue weighted by Gasteiger charge is 2.25. The molecule has 8 heteroatoms. The highest BCUT2D eigenvalue weighted by molar-refractivity contribution is 6.34. The summed E-state index contributed by atoms with van der Waals surface area (Å²) in [5.41, 5.74) is 2.76. The van der Waals surface area contributed by atoms with E-state index >= 15 is 0 Å². The van der Waals surface area contributed by atoms with E-state index in [0.29, 0.717) is 10.8 Å². The zero-order valence-electron chi connectivity index (χ0n) is 17.0. The molecule has 0 bridgehead atoms. The van der Waals surface area contributed by atoms with Crippen molar-refractivity contribution < 1.29 is 9.13 Å².